The van der Waals surface area contributed by atoms with Gasteiger partial charge in [-0.05, 0) is 25.0 Å². The number of halogens is 3. The average molecular weight is 329 g/mol. The normalized spacial score (nSPS) is 18.0. The van der Waals surface area contributed by atoms with Gasteiger partial charge in [0.2, 0.25) is 5.91 Å². The molecule has 1 amide bonds. The molecular weight excluding hydrogens is 307 g/mol. The summed E-state index contributed by atoms with van der Waals surface area (Å²) in [5, 5.41) is 0. The second-order valence-corrected chi connectivity index (χ2v) is 5.83. The van der Waals surface area contributed by atoms with Crippen molar-refractivity contribution in [1.82, 2.24) is 9.80 Å². The van der Waals surface area contributed by atoms with E-state index in [4.69, 9.17) is 5.73 Å². The molecule has 0 aliphatic carbocycles. The number of piperazine rings is 1. The molecular formula is C16H22F3N3O. The number of nitrogens with two attached hydrogens (primary N) is 1. The van der Waals surface area contributed by atoms with Crippen molar-refractivity contribution in [2.45, 2.75) is 32.0 Å². The Balaban J connectivity index is 1.81. The van der Waals surface area contributed by atoms with Crippen molar-refractivity contribution in [1.29, 1.82) is 0 Å². The maximum Gasteiger partial charge on any atom is 0.403 e. The van der Waals surface area contributed by atoms with Crippen LogP contribution in [0.5, 0.6) is 0 Å². The lowest BCUT2D eigenvalue weighted by Gasteiger charge is -2.38. The highest BCUT2D eigenvalue weighted by Gasteiger charge is 2.41. The maximum absolute atomic E-state index is 12.7. The van der Waals surface area contributed by atoms with Gasteiger partial charge in [0.25, 0.3) is 0 Å². The molecule has 1 aliphatic heterocycles. The Labute approximate surface area is 134 Å². The van der Waals surface area contributed by atoms with Crippen molar-refractivity contribution in [2.75, 3.05) is 31.9 Å². The molecule has 1 aliphatic rings. The van der Waals surface area contributed by atoms with Gasteiger partial charge in [-0.15, -0.1) is 0 Å². The number of amides is 1. The van der Waals surface area contributed by atoms with Gasteiger partial charge in [0.1, 0.15) is 6.04 Å². The third-order valence-corrected chi connectivity index (χ3v) is 4.35. The number of hydrogen-bond donors (Lipinski definition) is 1. The van der Waals surface area contributed by atoms with E-state index in [2.05, 4.69) is 0 Å². The van der Waals surface area contributed by atoms with E-state index in [0.717, 1.165) is 12.5 Å². The first kappa shape index (κ1) is 17.6. The zero-order chi connectivity index (χ0) is 17.0. The second kappa shape index (κ2) is 7.21. The molecule has 0 bridgehead atoms. The summed E-state index contributed by atoms with van der Waals surface area (Å²) < 4.78 is 38.1. The summed E-state index contributed by atoms with van der Waals surface area (Å²) in [6.07, 6.45) is -3.36. The fourth-order valence-corrected chi connectivity index (χ4v) is 2.73. The van der Waals surface area contributed by atoms with Gasteiger partial charge in [0.15, 0.2) is 0 Å². The van der Waals surface area contributed by atoms with Crippen LogP contribution >= 0.6 is 0 Å². The van der Waals surface area contributed by atoms with Gasteiger partial charge in [-0.3, -0.25) is 9.69 Å². The molecule has 4 nitrogen and oxygen atoms in total. The van der Waals surface area contributed by atoms with Gasteiger partial charge in [-0.1, -0.05) is 18.2 Å². The van der Waals surface area contributed by atoms with E-state index >= 15 is 0 Å². The van der Waals surface area contributed by atoms with E-state index < -0.39 is 12.2 Å². The molecule has 0 aromatic heterocycles. The monoisotopic (exact) mass is 329 g/mol. The first-order chi connectivity index (χ1) is 10.8. The van der Waals surface area contributed by atoms with Crippen LogP contribution in [0, 0.1) is 0 Å². The molecule has 0 spiro atoms. The Morgan fingerprint density at radius 2 is 1.83 bits per heavy atom. The smallest absolute Gasteiger partial charge is 0.399 e. The molecule has 7 heteroatoms. The van der Waals surface area contributed by atoms with E-state index in [1.807, 2.05) is 18.2 Å². The summed E-state index contributed by atoms with van der Waals surface area (Å²) in [6.45, 7) is 2.34. The summed E-state index contributed by atoms with van der Waals surface area (Å²) >= 11 is 0. The number of para-hydroxylation sites is 1. The van der Waals surface area contributed by atoms with Crippen molar-refractivity contribution < 1.29 is 18.0 Å². The Bertz CT molecular complexity index is 540. The lowest BCUT2D eigenvalue weighted by Crippen LogP contribution is -2.54. The highest BCUT2D eigenvalue weighted by atomic mass is 19.4. The number of alkyl halides is 3. The number of benzene rings is 1. The maximum atomic E-state index is 12.7. The number of hydrogen-bond acceptors (Lipinski definition) is 3. The minimum Gasteiger partial charge on any atom is -0.399 e. The predicted octanol–water partition coefficient (Wildman–Crippen LogP) is 2.30. The fraction of sp³-hybridized carbons (Fsp3) is 0.562. The first-order valence-corrected chi connectivity index (χ1v) is 7.71. The minimum atomic E-state index is -4.23. The third kappa shape index (κ3) is 4.60. The van der Waals surface area contributed by atoms with Gasteiger partial charge in [0.05, 0.1) is 0 Å². The number of nitrogen functional groups attached to an aromatic ring is 1. The minimum absolute atomic E-state index is 0.0347. The zero-order valence-corrected chi connectivity index (χ0v) is 13.1. The van der Waals surface area contributed by atoms with E-state index in [-0.39, 0.29) is 19.0 Å². The predicted molar refractivity (Wildman–Crippen MR) is 82.8 cm³/mol. The number of rotatable bonds is 4. The Morgan fingerprint density at radius 3 is 2.39 bits per heavy atom. The van der Waals surface area contributed by atoms with Crippen LogP contribution in [-0.2, 0) is 11.2 Å². The average Bonchev–Trinajstić information content (AvgIpc) is 2.52. The largest absolute Gasteiger partial charge is 0.403 e. The molecule has 1 unspecified atom stereocenters. The molecule has 0 radical (unpaired) electrons. The Kier molecular flexibility index (Phi) is 5.51. The summed E-state index contributed by atoms with van der Waals surface area (Å²) in [7, 11) is 0. The summed E-state index contributed by atoms with van der Waals surface area (Å²) in [5.74, 6) is -0.0347. The highest BCUT2D eigenvalue weighted by molar-refractivity contribution is 5.76. The van der Waals surface area contributed by atoms with Crippen LogP contribution in [0.2, 0.25) is 0 Å². The van der Waals surface area contributed by atoms with E-state index in [1.165, 1.54) is 4.90 Å². The zero-order valence-electron chi connectivity index (χ0n) is 13.1. The van der Waals surface area contributed by atoms with Gasteiger partial charge in [-0.2, -0.15) is 13.2 Å². The van der Waals surface area contributed by atoms with Gasteiger partial charge in [-0.25, -0.2) is 0 Å². The van der Waals surface area contributed by atoms with Crippen molar-refractivity contribution in [3.8, 4) is 0 Å². The van der Waals surface area contributed by atoms with Crippen molar-refractivity contribution in [3.05, 3.63) is 29.8 Å². The lowest BCUT2D eigenvalue weighted by atomic mass is 10.1. The molecule has 23 heavy (non-hydrogen) atoms. The Hall–Kier alpha value is -1.76. The molecule has 128 valence electrons. The summed E-state index contributed by atoms with van der Waals surface area (Å²) in [6, 6.07) is 5.90. The van der Waals surface area contributed by atoms with Crippen molar-refractivity contribution in [3.63, 3.8) is 0 Å². The third-order valence-electron chi connectivity index (χ3n) is 4.35. The molecule has 1 saturated heterocycles. The second-order valence-electron chi connectivity index (χ2n) is 5.83. The fourth-order valence-electron chi connectivity index (χ4n) is 2.73. The lowest BCUT2D eigenvalue weighted by molar-refractivity contribution is -0.183. The van der Waals surface area contributed by atoms with Gasteiger partial charge in [0, 0.05) is 38.3 Å². The van der Waals surface area contributed by atoms with Crippen LogP contribution in [-0.4, -0.2) is 54.1 Å². The van der Waals surface area contributed by atoms with E-state index in [9.17, 15) is 18.0 Å². The number of carbonyl (C=O) groups is 1. The number of aryl methyl sites for hydroxylation is 1. The highest BCUT2D eigenvalue weighted by Crippen LogP contribution is 2.25. The SMILES string of the molecule is CC(N1CCN(C(=O)CCc2ccccc2N)CC1)C(F)(F)F. The first-order valence-electron chi connectivity index (χ1n) is 7.71. The van der Waals surface area contributed by atoms with E-state index in [0.29, 0.717) is 31.6 Å². The van der Waals surface area contributed by atoms with E-state index in [1.54, 1.807) is 11.0 Å². The molecule has 1 heterocycles. The summed E-state index contributed by atoms with van der Waals surface area (Å²) in [4.78, 5) is 15.2. The standard InChI is InChI=1S/C16H22F3N3O/c1-12(16(17,18)19)21-8-10-22(11-9-21)15(23)7-6-13-4-2-3-5-14(13)20/h2-5,12H,6-11,20H2,1H3. The van der Waals surface area contributed by atoms with Crippen LogP contribution in [0.4, 0.5) is 18.9 Å². The van der Waals surface area contributed by atoms with Crippen LogP contribution in [0.3, 0.4) is 0 Å². The van der Waals surface area contributed by atoms with Gasteiger partial charge >= 0.3 is 6.18 Å². The molecule has 1 fully saturated rings. The summed E-state index contributed by atoms with van der Waals surface area (Å²) in [5.41, 5.74) is 7.42. The van der Waals surface area contributed by atoms with Crippen LogP contribution < -0.4 is 5.73 Å². The number of anilines is 1. The molecule has 0 saturated carbocycles. The quantitative estimate of drug-likeness (QED) is 0.863. The topological polar surface area (TPSA) is 49.6 Å². The number of carbonyl (C=O) groups excluding carboxylic acids is 1. The molecule has 1 atom stereocenters. The van der Waals surface area contributed by atoms with Crippen LogP contribution in [0.1, 0.15) is 18.9 Å². The Morgan fingerprint density at radius 1 is 1.22 bits per heavy atom. The van der Waals surface area contributed by atoms with Crippen LogP contribution in [0.15, 0.2) is 24.3 Å². The molecule has 2 N–H and O–H groups in total. The van der Waals surface area contributed by atoms with Crippen molar-refractivity contribution >= 4 is 11.6 Å². The van der Waals surface area contributed by atoms with Gasteiger partial charge < -0.3 is 10.6 Å². The molecule has 2 rings (SSSR count). The molecule has 1 aromatic rings. The van der Waals surface area contributed by atoms with Crippen molar-refractivity contribution in [2.24, 2.45) is 0 Å². The molecule has 1 aromatic carbocycles. The number of nitrogens with zero attached hydrogens (tertiary/aromatic N) is 2. The van der Waals surface area contributed by atoms with Crippen LogP contribution in [0.25, 0.3) is 0 Å².